The highest BCUT2D eigenvalue weighted by Crippen LogP contribution is 2.28. The SMILES string of the molecule is O=C(O[C@@H]1CO[C@@H]2CCOC21)c1cccnc1. The van der Waals surface area contributed by atoms with Crippen LogP contribution in [0.2, 0.25) is 0 Å². The quantitative estimate of drug-likeness (QED) is 0.709. The van der Waals surface area contributed by atoms with Crippen LogP contribution in [-0.2, 0) is 14.2 Å². The Bertz CT molecular complexity index is 408. The van der Waals surface area contributed by atoms with Crippen molar-refractivity contribution in [3.05, 3.63) is 30.1 Å². The Kier molecular flexibility index (Phi) is 2.78. The molecule has 3 atom stereocenters. The lowest BCUT2D eigenvalue weighted by atomic mass is 10.1. The third-order valence-electron chi connectivity index (χ3n) is 3.08. The zero-order chi connectivity index (χ0) is 11.7. The van der Waals surface area contributed by atoms with Gasteiger partial charge in [-0.25, -0.2) is 4.79 Å². The first-order valence-electron chi connectivity index (χ1n) is 5.69. The number of carbonyl (C=O) groups excluding carboxylic acids is 1. The van der Waals surface area contributed by atoms with Gasteiger partial charge in [0.1, 0.15) is 6.10 Å². The molecule has 0 bridgehead atoms. The highest BCUT2D eigenvalue weighted by atomic mass is 16.6. The van der Waals surface area contributed by atoms with Crippen molar-refractivity contribution in [3.8, 4) is 0 Å². The van der Waals surface area contributed by atoms with E-state index in [0.29, 0.717) is 18.8 Å². The Balaban J connectivity index is 1.66. The van der Waals surface area contributed by atoms with Crippen molar-refractivity contribution >= 4 is 5.97 Å². The summed E-state index contributed by atoms with van der Waals surface area (Å²) in [4.78, 5) is 15.7. The maximum atomic E-state index is 11.8. The lowest BCUT2D eigenvalue weighted by Crippen LogP contribution is -2.32. The van der Waals surface area contributed by atoms with Crippen molar-refractivity contribution in [2.24, 2.45) is 0 Å². The summed E-state index contributed by atoms with van der Waals surface area (Å²) < 4.78 is 16.4. The average molecular weight is 235 g/mol. The summed E-state index contributed by atoms with van der Waals surface area (Å²) >= 11 is 0. The molecule has 2 aliphatic rings. The molecule has 5 heteroatoms. The van der Waals surface area contributed by atoms with Gasteiger partial charge >= 0.3 is 5.97 Å². The highest BCUT2D eigenvalue weighted by molar-refractivity contribution is 5.89. The van der Waals surface area contributed by atoms with Crippen LogP contribution in [0.4, 0.5) is 0 Å². The van der Waals surface area contributed by atoms with Crippen molar-refractivity contribution in [2.75, 3.05) is 13.2 Å². The zero-order valence-corrected chi connectivity index (χ0v) is 9.24. The molecule has 0 radical (unpaired) electrons. The number of carbonyl (C=O) groups is 1. The van der Waals surface area contributed by atoms with Crippen molar-refractivity contribution < 1.29 is 19.0 Å². The minimum atomic E-state index is -0.372. The van der Waals surface area contributed by atoms with Gasteiger partial charge in [-0.05, 0) is 18.6 Å². The van der Waals surface area contributed by atoms with E-state index in [4.69, 9.17) is 14.2 Å². The predicted molar refractivity (Wildman–Crippen MR) is 57.5 cm³/mol. The van der Waals surface area contributed by atoms with E-state index < -0.39 is 0 Å². The molecule has 1 unspecified atom stereocenters. The molecule has 17 heavy (non-hydrogen) atoms. The fraction of sp³-hybridized carbons (Fsp3) is 0.500. The fourth-order valence-electron chi connectivity index (χ4n) is 2.22. The number of fused-ring (bicyclic) bond motifs is 1. The van der Waals surface area contributed by atoms with E-state index in [9.17, 15) is 4.79 Å². The standard InChI is InChI=1S/C12H13NO4/c14-12(8-2-1-4-13-6-8)17-10-7-16-9-3-5-15-11(9)10/h1-2,4,6,9-11H,3,5,7H2/t9-,10-,11?/m1/s1. The number of ether oxygens (including phenoxy) is 3. The summed E-state index contributed by atoms with van der Waals surface area (Å²) in [5.41, 5.74) is 0.453. The summed E-state index contributed by atoms with van der Waals surface area (Å²) in [6, 6.07) is 3.38. The normalized spacial score (nSPS) is 31.2. The minimum Gasteiger partial charge on any atom is -0.453 e. The second-order valence-corrected chi connectivity index (χ2v) is 4.18. The monoisotopic (exact) mass is 235 g/mol. The molecule has 0 saturated carbocycles. The number of hydrogen-bond donors (Lipinski definition) is 0. The van der Waals surface area contributed by atoms with Crippen molar-refractivity contribution in [1.29, 1.82) is 0 Å². The molecular weight excluding hydrogens is 222 g/mol. The van der Waals surface area contributed by atoms with Crippen molar-refractivity contribution in [2.45, 2.75) is 24.7 Å². The summed E-state index contributed by atoms with van der Waals surface area (Å²) in [5, 5.41) is 0. The van der Waals surface area contributed by atoms with Gasteiger partial charge in [-0.1, -0.05) is 0 Å². The summed E-state index contributed by atoms with van der Waals surface area (Å²) in [6.45, 7) is 1.09. The largest absolute Gasteiger partial charge is 0.453 e. The third-order valence-corrected chi connectivity index (χ3v) is 3.08. The van der Waals surface area contributed by atoms with Gasteiger partial charge in [0.05, 0.1) is 18.3 Å². The molecule has 0 amide bonds. The van der Waals surface area contributed by atoms with E-state index in [-0.39, 0.29) is 24.3 Å². The molecule has 2 fully saturated rings. The van der Waals surface area contributed by atoms with Crippen molar-refractivity contribution in [1.82, 2.24) is 4.98 Å². The Labute approximate surface area is 98.7 Å². The number of esters is 1. The van der Waals surface area contributed by atoms with Crippen LogP contribution in [-0.4, -0.2) is 42.5 Å². The Morgan fingerprint density at radius 1 is 1.47 bits per heavy atom. The second kappa shape index (κ2) is 4.43. The van der Waals surface area contributed by atoms with Crippen LogP contribution in [0.15, 0.2) is 24.5 Å². The maximum absolute atomic E-state index is 11.8. The number of aromatic nitrogens is 1. The van der Waals surface area contributed by atoms with E-state index in [1.165, 1.54) is 6.20 Å². The van der Waals surface area contributed by atoms with E-state index in [0.717, 1.165) is 6.42 Å². The zero-order valence-electron chi connectivity index (χ0n) is 9.24. The molecule has 2 saturated heterocycles. The molecule has 90 valence electrons. The molecule has 5 nitrogen and oxygen atoms in total. The Morgan fingerprint density at radius 2 is 2.41 bits per heavy atom. The molecule has 1 aromatic rings. The minimum absolute atomic E-state index is 0.0849. The predicted octanol–water partition coefficient (Wildman–Crippen LogP) is 0.795. The summed E-state index contributed by atoms with van der Waals surface area (Å²) in [5.74, 6) is -0.372. The molecule has 1 aromatic heterocycles. The Morgan fingerprint density at radius 3 is 3.24 bits per heavy atom. The van der Waals surface area contributed by atoms with E-state index in [2.05, 4.69) is 4.98 Å². The van der Waals surface area contributed by atoms with Crippen LogP contribution in [0.1, 0.15) is 16.8 Å². The molecule has 0 spiro atoms. The van der Waals surface area contributed by atoms with Crippen LogP contribution < -0.4 is 0 Å². The van der Waals surface area contributed by atoms with Crippen LogP contribution in [0.25, 0.3) is 0 Å². The third kappa shape index (κ3) is 2.03. The van der Waals surface area contributed by atoms with E-state index in [1.54, 1.807) is 18.3 Å². The molecule has 3 rings (SSSR count). The first kappa shape index (κ1) is 10.7. The van der Waals surface area contributed by atoms with Crippen LogP contribution in [0.5, 0.6) is 0 Å². The number of hydrogen-bond acceptors (Lipinski definition) is 5. The van der Waals surface area contributed by atoms with Gasteiger partial charge < -0.3 is 14.2 Å². The van der Waals surface area contributed by atoms with Gasteiger partial charge in [-0.3, -0.25) is 4.98 Å². The van der Waals surface area contributed by atoms with Gasteiger partial charge in [-0.15, -0.1) is 0 Å². The lowest BCUT2D eigenvalue weighted by Gasteiger charge is -2.16. The first-order valence-corrected chi connectivity index (χ1v) is 5.69. The molecule has 2 aliphatic heterocycles. The first-order chi connectivity index (χ1) is 8.34. The van der Waals surface area contributed by atoms with Gasteiger partial charge in [-0.2, -0.15) is 0 Å². The lowest BCUT2D eigenvalue weighted by molar-refractivity contribution is -0.0148. The van der Waals surface area contributed by atoms with Crippen LogP contribution >= 0.6 is 0 Å². The molecular formula is C12H13NO4. The van der Waals surface area contributed by atoms with E-state index in [1.807, 2.05) is 0 Å². The van der Waals surface area contributed by atoms with Gasteiger partial charge in [0, 0.05) is 19.0 Å². The fourth-order valence-corrected chi connectivity index (χ4v) is 2.22. The highest BCUT2D eigenvalue weighted by Gasteiger charge is 2.44. The molecule has 0 aliphatic carbocycles. The number of rotatable bonds is 2. The van der Waals surface area contributed by atoms with Gasteiger partial charge in [0.25, 0.3) is 0 Å². The summed E-state index contributed by atoms with van der Waals surface area (Å²) in [6.07, 6.45) is 3.68. The van der Waals surface area contributed by atoms with Gasteiger partial charge in [0.2, 0.25) is 0 Å². The Hall–Kier alpha value is -1.46. The van der Waals surface area contributed by atoms with Crippen molar-refractivity contribution in [3.63, 3.8) is 0 Å². The smallest absolute Gasteiger partial charge is 0.340 e. The number of nitrogens with zero attached hydrogens (tertiary/aromatic N) is 1. The molecule has 0 N–H and O–H groups in total. The maximum Gasteiger partial charge on any atom is 0.340 e. The van der Waals surface area contributed by atoms with E-state index >= 15 is 0 Å². The van der Waals surface area contributed by atoms with Crippen LogP contribution in [0.3, 0.4) is 0 Å². The number of pyridine rings is 1. The van der Waals surface area contributed by atoms with Gasteiger partial charge in [0.15, 0.2) is 6.10 Å². The summed E-state index contributed by atoms with van der Waals surface area (Å²) in [7, 11) is 0. The topological polar surface area (TPSA) is 57.7 Å². The molecule has 0 aromatic carbocycles. The van der Waals surface area contributed by atoms with Crippen LogP contribution in [0, 0.1) is 0 Å². The second-order valence-electron chi connectivity index (χ2n) is 4.18. The average Bonchev–Trinajstić information content (AvgIpc) is 2.95. The molecule has 3 heterocycles.